The molecule has 1 saturated heterocycles. The highest BCUT2D eigenvalue weighted by molar-refractivity contribution is 7.16. The van der Waals surface area contributed by atoms with Gasteiger partial charge < -0.3 is 10.6 Å². The minimum absolute atomic E-state index is 0.0602. The number of rotatable bonds is 5. The van der Waals surface area contributed by atoms with Crippen LogP contribution in [0.2, 0.25) is 0 Å². The second-order valence-electron chi connectivity index (χ2n) is 5.63. The number of nitrogens with one attached hydrogen (secondary N) is 2. The van der Waals surface area contributed by atoms with Gasteiger partial charge >= 0.3 is 0 Å². The first-order chi connectivity index (χ1) is 10.6. The third-order valence-electron chi connectivity index (χ3n) is 3.83. The van der Waals surface area contributed by atoms with Gasteiger partial charge in [-0.1, -0.05) is 0 Å². The van der Waals surface area contributed by atoms with Crippen LogP contribution in [-0.2, 0) is 4.79 Å². The Morgan fingerprint density at radius 2 is 2.32 bits per heavy atom. The molecular formula is C15H20N4OS2. The molecule has 0 saturated carbocycles. The first-order valence-electron chi connectivity index (χ1n) is 7.52. The molecule has 0 aromatic carbocycles. The number of thiazole rings is 2. The van der Waals surface area contributed by atoms with Crippen molar-refractivity contribution in [2.75, 3.05) is 18.4 Å². The Labute approximate surface area is 138 Å². The molecule has 118 valence electrons. The van der Waals surface area contributed by atoms with E-state index in [9.17, 15) is 4.79 Å². The van der Waals surface area contributed by atoms with Crippen LogP contribution in [0.15, 0.2) is 5.38 Å². The highest BCUT2D eigenvalue weighted by Gasteiger charge is 2.17. The van der Waals surface area contributed by atoms with Gasteiger partial charge in [0, 0.05) is 11.8 Å². The molecule has 2 aromatic rings. The van der Waals surface area contributed by atoms with E-state index in [1.165, 1.54) is 17.8 Å². The molecule has 0 bridgehead atoms. The van der Waals surface area contributed by atoms with Crippen LogP contribution in [-0.4, -0.2) is 29.0 Å². The molecular weight excluding hydrogens is 316 g/mol. The first kappa shape index (κ1) is 15.6. The Balaban J connectivity index is 1.57. The maximum atomic E-state index is 12.0. The summed E-state index contributed by atoms with van der Waals surface area (Å²) in [5.41, 5.74) is 1.91. The summed E-state index contributed by atoms with van der Waals surface area (Å²) in [5.74, 6) is 0.699. The SMILES string of the molecule is Cc1nc(C)c(-c2csc(NC(=O)CCC3CCNC3)n2)s1. The maximum Gasteiger partial charge on any atom is 0.226 e. The second kappa shape index (κ2) is 6.85. The highest BCUT2D eigenvalue weighted by atomic mass is 32.1. The fourth-order valence-corrected chi connectivity index (χ4v) is 4.35. The van der Waals surface area contributed by atoms with Gasteiger partial charge in [-0.3, -0.25) is 4.79 Å². The first-order valence-corrected chi connectivity index (χ1v) is 9.22. The zero-order chi connectivity index (χ0) is 15.5. The largest absolute Gasteiger partial charge is 0.316 e. The normalized spacial score (nSPS) is 17.8. The van der Waals surface area contributed by atoms with Gasteiger partial charge in [0.1, 0.15) is 0 Å². The predicted octanol–water partition coefficient (Wildman–Crippen LogP) is 3.21. The molecule has 2 aromatic heterocycles. The Morgan fingerprint density at radius 1 is 1.45 bits per heavy atom. The smallest absolute Gasteiger partial charge is 0.226 e. The van der Waals surface area contributed by atoms with Crippen molar-refractivity contribution in [1.82, 2.24) is 15.3 Å². The van der Waals surface area contributed by atoms with Crippen molar-refractivity contribution in [2.45, 2.75) is 33.1 Å². The van der Waals surface area contributed by atoms with Crippen molar-refractivity contribution in [1.29, 1.82) is 0 Å². The van der Waals surface area contributed by atoms with Crippen molar-refractivity contribution in [3.8, 4) is 10.6 Å². The number of aromatic nitrogens is 2. The fraction of sp³-hybridized carbons (Fsp3) is 0.533. The molecule has 5 nitrogen and oxygen atoms in total. The lowest BCUT2D eigenvalue weighted by Gasteiger charge is -2.06. The number of nitrogens with zero attached hydrogens (tertiary/aromatic N) is 2. The van der Waals surface area contributed by atoms with Crippen molar-refractivity contribution in [2.24, 2.45) is 5.92 Å². The van der Waals surface area contributed by atoms with E-state index in [1.807, 2.05) is 19.2 Å². The maximum absolute atomic E-state index is 12.0. The predicted molar refractivity (Wildman–Crippen MR) is 91.5 cm³/mol. The number of carbonyl (C=O) groups excluding carboxylic acids is 1. The zero-order valence-electron chi connectivity index (χ0n) is 12.8. The topological polar surface area (TPSA) is 66.9 Å². The van der Waals surface area contributed by atoms with Gasteiger partial charge in [-0.15, -0.1) is 22.7 Å². The van der Waals surface area contributed by atoms with Crippen molar-refractivity contribution in [3.05, 3.63) is 16.1 Å². The van der Waals surface area contributed by atoms with Gasteiger partial charge in [0.05, 0.1) is 21.3 Å². The Morgan fingerprint density at radius 3 is 3.00 bits per heavy atom. The molecule has 1 amide bonds. The molecule has 1 atom stereocenters. The van der Waals surface area contributed by atoms with E-state index in [4.69, 9.17) is 0 Å². The number of carbonyl (C=O) groups is 1. The molecule has 1 aliphatic heterocycles. The van der Waals surface area contributed by atoms with Crippen LogP contribution in [0.1, 0.15) is 30.0 Å². The standard InChI is InChI=1S/C15H20N4OS2/c1-9-14(22-10(2)17-9)12-8-21-15(18-12)19-13(20)4-3-11-5-6-16-7-11/h8,11,16H,3-7H2,1-2H3,(H,18,19,20). The van der Waals surface area contributed by atoms with Crippen LogP contribution in [0.5, 0.6) is 0 Å². The van der Waals surface area contributed by atoms with Crippen molar-refractivity contribution >= 4 is 33.7 Å². The summed E-state index contributed by atoms with van der Waals surface area (Å²) >= 11 is 3.11. The number of hydrogen-bond donors (Lipinski definition) is 2. The van der Waals surface area contributed by atoms with Crippen molar-refractivity contribution in [3.63, 3.8) is 0 Å². The molecule has 1 unspecified atom stereocenters. The van der Waals surface area contributed by atoms with E-state index in [0.29, 0.717) is 17.5 Å². The summed E-state index contributed by atoms with van der Waals surface area (Å²) in [6, 6.07) is 0. The van der Waals surface area contributed by atoms with E-state index >= 15 is 0 Å². The van der Waals surface area contributed by atoms with Crippen LogP contribution in [0.25, 0.3) is 10.6 Å². The van der Waals surface area contributed by atoms with Crippen LogP contribution >= 0.6 is 22.7 Å². The van der Waals surface area contributed by atoms with Gasteiger partial charge in [-0.2, -0.15) is 0 Å². The van der Waals surface area contributed by atoms with Gasteiger partial charge in [0.25, 0.3) is 0 Å². The Kier molecular flexibility index (Phi) is 4.85. The zero-order valence-corrected chi connectivity index (χ0v) is 14.4. The van der Waals surface area contributed by atoms with Crippen LogP contribution in [0.4, 0.5) is 5.13 Å². The van der Waals surface area contributed by atoms with Gasteiger partial charge in [0.15, 0.2) is 5.13 Å². The van der Waals surface area contributed by atoms with E-state index in [0.717, 1.165) is 40.8 Å². The van der Waals surface area contributed by atoms with Gasteiger partial charge in [-0.05, 0) is 45.7 Å². The summed E-state index contributed by atoms with van der Waals surface area (Å²) in [6.45, 7) is 6.11. The minimum atomic E-state index is 0.0602. The molecule has 22 heavy (non-hydrogen) atoms. The molecule has 1 aliphatic rings. The third kappa shape index (κ3) is 3.71. The third-order valence-corrected chi connectivity index (χ3v) is 5.68. The average Bonchev–Trinajstić information content (AvgIpc) is 3.18. The number of aryl methyl sites for hydroxylation is 2. The summed E-state index contributed by atoms with van der Waals surface area (Å²) in [7, 11) is 0. The van der Waals surface area contributed by atoms with E-state index in [1.54, 1.807) is 11.3 Å². The number of amides is 1. The lowest BCUT2D eigenvalue weighted by Crippen LogP contribution is -2.14. The van der Waals surface area contributed by atoms with Gasteiger partial charge in [0.2, 0.25) is 5.91 Å². The molecule has 7 heteroatoms. The molecule has 2 N–H and O–H groups in total. The molecule has 1 fully saturated rings. The van der Waals surface area contributed by atoms with Crippen molar-refractivity contribution < 1.29 is 4.79 Å². The van der Waals surface area contributed by atoms with E-state index in [2.05, 4.69) is 20.6 Å². The summed E-state index contributed by atoms with van der Waals surface area (Å²) < 4.78 is 0. The molecule has 0 radical (unpaired) electrons. The second-order valence-corrected chi connectivity index (χ2v) is 7.69. The van der Waals surface area contributed by atoms with E-state index < -0.39 is 0 Å². The molecule has 3 rings (SSSR count). The lowest BCUT2D eigenvalue weighted by molar-refractivity contribution is -0.116. The molecule has 3 heterocycles. The fourth-order valence-electron chi connectivity index (χ4n) is 2.68. The quantitative estimate of drug-likeness (QED) is 0.880. The van der Waals surface area contributed by atoms with E-state index in [-0.39, 0.29) is 5.91 Å². The van der Waals surface area contributed by atoms with Gasteiger partial charge in [-0.25, -0.2) is 9.97 Å². The van der Waals surface area contributed by atoms with Crippen LogP contribution < -0.4 is 10.6 Å². The summed E-state index contributed by atoms with van der Waals surface area (Å²) in [4.78, 5) is 22.0. The summed E-state index contributed by atoms with van der Waals surface area (Å²) in [5, 5.41) is 9.94. The number of anilines is 1. The molecule has 0 spiro atoms. The Hall–Kier alpha value is -1.31. The Bertz CT molecular complexity index is 658. The lowest BCUT2D eigenvalue weighted by atomic mass is 10.0. The molecule has 0 aliphatic carbocycles. The monoisotopic (exact) mass is 336 g/mol. The summed E-state index contributed by atoms with van der Waals surface area (Å²) in [6.07, 6.45) is 2.70. The number of hydrogen-bond acceptors (Lipinski definition) is 6. The minimum Gasteiger partial charge on any atom is -0.316 e. The average molecular weight is 336 g/mol. The highest BCUT2D eigenvalue weighted by Crippen LogP contribution is 2.32. The van der Waals surface area contributed by atoms with Crippen LogP contribution in [0, 0.1) is 19.8 Å². The van der Waals surface area contributed by atoms with Crippen LogP contribution in [0.3, 0.4) is 0 Å².